The minimum absolute atomic E-state index is 0.0111. The highest BCUT2D eigenvalue weighted by Crippen LogP contribution is 2.32. The van der Waals surface area contributed by atoms with Crippen molar-refractivity contribution in [2.45, 2.75) is 0 Å². The van der Waals surface area contributed by atoms with Crippen molar-refractivity contribution in [1.29, 1.82) is 0 Å². The van der Waals surface area contributed by atoms with Crippen molar-refractivity contribution in [3.8, 4) is 0 Å². The summed E-state index contributed by atoms with van der Waals surface area (Å²) in [5.41, 5.74) is 1.55. The van der Waals surface area contributed by atoms with Crippen molar-refractivity contribution < 1.29 is 14.3 Å². The molecule has 0 aliphatic carbocycles. The van der Waals surface area contributed by atoms with Gasteiger partial charge in [-0.2, -0.15) is 0 Å². The summed E-state index contributed by atoms with van der Waals surface area (Å²) in [4.78, 5) is 26.1. The highest BCUT2D eigenvalue weighted by Gasteiger charge is 2.15. The molecular weight excluding hydrogens is 270 g/mol. The number of furan rings is 1. The van der Waals surface area contributed by atoms with E-state index in [1.54, 1.807) is 24.3 Å². The van der Waals surface area contributed by atoms with Crippen LogP contribution < -0.4 is 10.5 Å². The van der Waals surface area contributed by atoms with Gasteiger partial charge in [-0.1, -0.05) is 18.2 Å². The Bertz CT molecular complexity index is 1090. The molecule has 102 valence electrons. The molecule has 0 spiro atoms. The highest BCUT2D eigenvalue weighted by molar-refractivity contribution is 6.16. The van der Waals surface area contributed by atoms with Gasteiger partial charge in [0, 0.05) is 22.4 Å². The maximum absolute atomic E-state index is 11.5. The fourth-order valence-corrected chi connectivity index (χ4v) is 2.65. The van der Waals surface area contributed by atoms with E-state index in [2.05, 4.69) is 4.98 Å². The van der Waals surface area contributed by atoms with E-state index < -0.39 is 5.97 Å². The van der Waals surface area contributed by atoms with Crippen molar-refractivity contribution in [2.75, 3.05) is 0 Å². The predicted molar refractivity (Wildman–Crippen MR) is 76.2 cm³/mol. The number of carbonyl (C=O) groups is 1. The average molecular weight is 278 g/mol. The first-order valence-corrected chi connectivity index (χ1v) is 6.34. The molecule has 0 aliphatic rings. The highest BCUT2D eigenvalue weighted by atomic mass is 16.4. The second-order valence-corrected chi connectivity index (χ2v) is 4.80. The SMILES string of the molecule is O=C([O-])c1c2ccccc2[nH]c2c1oc1cc(=O)ccc12. The van der Waals surface area contributed by atoms with Crippen LogP contribution in [0, 0.1) is 0 Å². The lowest BCUT2D eigenvalue weighted by Crippen LogP contribution is -2.23. The Kier molecular flexibility index (Phi) is 2.21. The molecule has 0 unspecified atom stereocenters. The zero-order chi connectivity index (χ0) is 14.6. The first-order chi connectivity index (χ1) is 10.1. The topological polar surface area (TPSA) is 86.1 Å². The summed E-state index contributed by atoms with van der Waals surface area (Å²) in [5, 5.41) is 12.7. The van der Waals surface area contributed by atoms with Crippen LogP contribution in [0.3, 0.4) is 0 Å². The van der Waals surface area contributed by atoms with Gasteiger partial charge < -0.3 is 19.3 Å². The van der Waals surface area contributed by atoms with Crippen LogP contribution in [0.4, 0.5) is 0 Å². The fraction of sp³-hybridized carbons (Fsp3) is 0. The fourth-order valence-electron chi connectivity index (χ4n) is 2.65. The normalized spacial score (nSPS) is 11.4. The number of carboxylic acids is 1. The number of para-hydroxylation sites is 1. The number of benzene rings is 2. The third kappa shape index (κ3) is 1.57. The Hall–Kier alpha value is -3.08. The van der Waals surface area contributed by atoms with Crippen molar-refractivity contribution in [2.24, 2.45) is 0 Å². The van der Waals surface area contributed by atoms with Gasteiger partial charge >= 0.3 is 0 Å². The van der Waals surface area contributed by atoms with Crippen LogP contribution in [-0.2, 0) is 0 Å². The standard InChI is InChI=1S/C16H9NO4/c18-8-5-6-10-12(7-8)21-15-13(16(19)20)9-3-1-2-4-11(9)17-14(10)15/h1-7,17H,(H,19,20)/p-1. The molecule has 2 aromatic carbocycles. The number of hydrogen-bond donors (Lipinski definition) is 1. The summed E-state index contributed by atoms with van der Waals surface area (Å²) in [6.45, 7) is 0. The number of fused-ring (bicyclic) bond motifs is 4. The molecular formula is C16H8NO4-. The van der Waals surface area contributed by atoms with Gasteiger partial charge in [0.05, 0.1) is 17.0 Å². The number of rotatable bonds is 1. The van der Waals surface area contributed by atoms with Crippen LogP contribution in [0.2, 0.25) is 0 Å². The smallest absolute Gasteiger partial charge is 0.182 e. The monoisotopic (exact) mass is 278 g/mol. The lowest BCUT2D eigenvalue weighted by Gasteiger charge is -2.08. The molecule has 5 heteroatoms. The van der Waals surface area contributed by atoms with Crippen LogP contribution in [-0.4, -0.2) is 11.0 Å². The van der Waals surface area contributed by atoms with E-state index in [0.29, 0.717) is 27.4 Å². The van der Waals surface area contributed by atoms with E-state index in [4.69, 9.17) is 4.42 Å². The molecule has 4 rings (SSSR count). The van der Waals surface area contributed by atoms with Crippen LogP contribution >= 0.6 is 0 Å². The van der Waals surface area contributed by atoms with Gasteiger partial charge in [-0.05, 0) is 18.2 Å². The molecule has 2 heterocycles. The van der Waals surface area contributed by atoms with Crippen molar-refractivity contribution in [1.82, 2.24) is 4.98 Å². The predicted octanol–water partition coefficient (Wildman–Crippen LogP) is 1.79. The van der Waals surface area contributed by atoms with Crippen molar-refractivity contribution in [3.05, 3.63) is 58.3 Å². The number of pyridine rings is 1. The zero-order valence-corrected chi connectivity index (χ0v) is 10.7. The van der Waals surface area contributed by atoms with Crippen LogP contribution in [0.15, 0.2) is 51.7 Å². The average Bonchev–Trinajstić information content (AvgIpc) is 2.80. The molecule has 0 bridgehead atoms. The maximum atomic E-state index is 11.5. The summed E-state index contributed by atoms with van der Waals surface area (Å²) in [6, 6.07) is 11.4. The molecule has 2 aromatic heterocycles. The number of aromatic nitrogens is 1. The van der Waals surface area contributed by atoms with E-state index in [-0.39, 0.29) is 16.6 Å². The van der Waals surface area contributed by atoms with Gasteiger partial charge in [-0.3, -0.25) is 4.79 Å². The second-order valence-electron chi connectivity index (χ2n) is 4.80. The largest absolute Gasteiger partial charge is 0.545 e. The van der Waals surface area contributed by atoms with E-state index in [1.165, 1.54) is 12.1 Å². The molecule has 0 fully saturated rings. The molecule has 1 N–H and O–H groups in total. The number of nitrogens with one attached hydrogen (secondary N) is 1. The molecule has 5 nitrogen and oxygen atoms in total. The van der Waals surface area contributed by atoms with Gasteiger partial charge in [0.2, 0.25) is 0 Å². The Morgan fingerprint density at radius 2 is 1.90 bits per heavy atom. The minimum atomic E-state index is -1.31. The Labute approximate surface area is 117 Å². The Morgan fingerprint density at radius 3 is 2.71 bits per heavy atom. The number of H-pyrrole nitrogens is 1. The summed E-state index contributed by atoms with van der Waals surface area (Å²) >= 11 is 0. The summed E-state index contributed by atoms with van der Waals surface area (Å²) in [6.07, 6.45) is 0. The lowest BCUT2D eigenvalue weighted by atomic mass is 10.1. The van der Waals surface area contributed by atoms with Gasteiger partial charge in [0.1, 0.15) is 5.58 Å². The van der Waals surface area contributed by atoms with Gasteiger partial charge in [-0.25, -0.2) is 0 Å². The first-order valence-electron chi connectivity index (χ1n) is 6.34. The number of aromatic amines is 1. The summed E-state index contributed by atoms with van der Waals surface area (Å²) in [5.74, 6) is -1.31. The minimum Gasteiger partial charge on any atom is -0.545 e. The first kappa shape index (κ1) is 11.7. The van der Waals surface area contributed by atoms with Crippen molar-refractivity contribution >= 4 is 38.9 Å². The maximum Gasteiger partial charge on any atom is 0.182 e. The molecule has 4 aromatic rings. The zero-order valence-electron chi connectivity index (χ0n) is 10.7. The third-order valence-corrected chi connectivity index (χ3v) is 3.55. The van der Waals surface area contributed by atoms with Crippen LogP contribution in [0.5, 0.6) is 0 Å². The number of carboxylic acid groups (broad SMARTS) is 1. The molecule has 0 aliphatic heterocycles. The lowest BCUT2D eigenvalue weighted by molar-refractivity contribution is -0.254. The summed E-state index contributed by atoms with van der Waals surface area (Å²) in [7, 11) is 0. The second kappa shape index (κ2) is 3.96. The molecule has 0 atom stereocenters. The third-order valence-electron chi connectivity index (χ3n) is 3.55. The van der Waals surface area contributed by atoms with E-state index in [0.717, 1.165) is 0 Å². The molecule has 0 saturated heterocycles. The molecule has 0 amide bonds. The quantitative estimate of drug-likeness (QED) is 0.575. The Balaban J connectivity index is 2.33. The van der Waals surface area contributed by atoms with Crippen LogP contribution in [0.25, 0.3) is 33.0 Å². The molecule has 21 heavy (non-hydrogen) atoms. The number of carbonyl (C=O) groups excluding carboxylic acids is 1. The Morgan fingerprint density at radius 1 is 1.10 bits per heavy atom. The van der Waals surface area contributed by atoms with Gasteiger partial charge in [-0.15, -0.1) is 0 Å². The molecule has 0 radical (unpaired) electrons. The summed E-state index contributed by atoms with van der Waals surface area (Å²) < 4.78 is 5.58. The van der Waals surface area contributed by atoms with E-state index in [9.17, 15) is 14.7 Å². The number of hydrogen-bond acceptors (Lipinski definition) is 4. The van der Waals surface area contributed by atoms with E-state index >= 15 is 0 Å². The van der Waals surface area contributed by atoms with Crippen molar-refractivity contribution in [3.63, 3.8) is 0 Å². The van der Waals surface area contributed by atoms with E-state index in [1.807, 2.05) is 6.07 Å². The number of aromatic carboxylic acids is 1. The molecule has 0 saturated carbocycles. The van der Waals surface area contributed by atoms with Gasteiger partial charge in [0.25, 0.3) is 0 Å². The van der Waals surface area contributed by atoms with Gasteiger partial charge in [0.15, 0.2) is 11.0 Å². The van der Waals surface area contributed by atoms with Crippen LogP contribution in [0.1, 0.15) is 10.4 Å².